The maximum Gasteiger partial charge on any atom is 0.213 e. The van der Waals surface area contributed by atoms with Gasteiger partial charge < -0.3 is 4.90 Å². The third-order valence-corrected chi connectivity index (χ3v) is 7.50. The van der Waals surface area contributed by atoms with E-state index >= 15 is 0 Å². The normalized spacial score (nSPS) is 27.0. The van der Waals surface area contributed by atoms with Crippen LogP contribution in [0.2, 0.25) is 0 Å². The highest BCUT2D eigenvalue weighted by molar-refractivity contribution is 7.88. The van der Waals surface area contributed by atoms with Gasteiger partial charge in [-0.2, -0.15) is 0 Å². The number of hydrogen-bond acceptors (Lipinski definition) is 3. The van der Waals surface area contributed by atoms with Crippen molar-refractivity contribution in [2.45, 2.75) is 37.9 Å². The van der Waals surface area contributed by atoms with Crippen molar-refractivity contribution in [3.63, 3.8) is 0 Å². The Bertz CT molecular complexity index is 958. The van der Waals surface area contributed by atoms with Crippen LogP contribution in [0.25, 0.3) is 0 Å². The number of nitrogens with two attached hydrogens (primary N) is 1. The Morgan fingerprint density at radius 1 is 1.07 bits per heavy atom. The lowest BCUT2D eigenvalue weighted by molar-refractivity contribution is 0.274. The number of primary sulfonamides is 1. The zero-order valence-corrected chi connectivity index (χ0v) is 17.6. The van der Waals surface area contributed by atoms with Gasteiger partial charge in [-0.25, -0.2) is 13.6 Å². The van der Waals surface area contributed by atoms with Gasteiger partial charge >= 0.3 is 0 Å². The molecule has 0 amide bonds. The first kappa shape index (κ1) is 19.6. The number of piperidine rings is 1. The van der Waals surface area contributed by atoms with Gasteiger partial charge in [0.2, 0.25) is 10.0 Å². The summed E-state index contributed by atoms with van der Waals surface area (Å²) in [7, 11) is -3.49. The number of likely N-dealkylation sites (tertiary alicyclic amines) is 1. The monoisotopic (exact) mass is 398 g/mol. The highest BCUT2D eigenvalue weighted by Gasteiger charge is 2.65. The van der Waals surface area contributed by atoms with Gasteiger partial charge in [0.1, 0.15) is 0 Å². The Kier molecular flexibility index (Phi) is 5.10. The topological polar surface area (TPSA) is 63.4 Å². The summed E-state index contributed by atoms with van der Waals surface area (Å²) in [6, 6.07) is 16.8. The van der Waals surface area contributed by atoms with Crippen molar-refractivity contribution in [3.05, 3.63) is 70.8 Å². The molecule has 0 aromatic heterocycles. The number of sulfonamides is 1. The quantitative estimate of drug-likeness (QED) is 0.779. The molecule has 2 fully saturated rings. The molecule has 2 aromatic carbocycles. The van der Waals surface area contributed by atoms with Crippen molar-refractivity contribution in [2.24, 2.45) is 17.0 Å². The lowest BCUT2D eigenvalue weighted by Crippen LogP contribution is -2.30. The summed E-state index contributed by atoms with van der Waals surface area (Å²) in [4.78, 5) is 2.60. The van der Waals surface area contributed by atoms with E-state index in [4.69, 9.17) is 5.14 Å². The molecule has 1 saturated heterocycles. The van der Waals surface area contributed by atoms with Crippen LogP contribution >= 0.6 is 0 Å². The van der Waals surface area contributed by atoms with Crippen LogP contribution in [0, 0.1) is 18.8 Å². The van der Waals surface area contributed by atoms with Gasteiger partial charge in [-0.15, -0.1) is 0 Å². The molecule has 0 bridgehead atoms. The second-order valence-corrected chi connectivity index (χ2v) is 10.5. The van der Waals surface area contributed by atoms with E-state index in [0.29, 0.717) is 11.8 Å². The van der Waals surface area contributed by atoms with Gasteiger partial charge in [0.15, 0.2) is 0 Å². The van der Waals surface area contributed by atoms with Crippen LogP contribution in [0.1, 0.15) is 35.6 Å². The number of rotatable bonds is 7. The number of hydrogen-bond donors (Lipinski definition) is 1. The average molecular weight is 399 g/mol. The Balaban J connectivity index is 1.32. The molecule has 5 heteroatoms. The van der Waals surface area contributed by atoms with Crippen LogP contribution in [0.3, 0.4) is 0 Å². The minimum Gasteiger partial charge on any atom is -0.303 e. The molecule has 2 atom stereocenters. The van der Waals surface area contributed by atoms with Crippen molar-refractivity contribution in [2.75, 3.05) is 19.6 Å². The Labute approximate surface area is 168 Å². The van der Waals surface area contributed by atoms with Crippen LogP contribution in [0.15, 0.2) is 48.5 Å². The number of nitrogens with zero attached hydrogens (tertiary/aromatic N) is 1. The van der Waals surface area contributed by atoms with Gasteiger partial charge in [0.25, 0.3) is 0 Å². The molecule has 28 heavy (non-hydrogen) atoms. The van der Waals surface area contributed by atoms with E-state index in [1.54, 1.807) is 0 Å². The van der Waals surface area contributed by atoms with Crippen LogP contribution in [0.5, 0.6) is 0 Å². The molecule has 4 rings (SSSR count). The third kappa shape index (κ3) is 4.02. The summed E-state index contributed by atoms with van der Waals surface area (Å²) < 4.78 is 22.8. The number of benzene rings is 2. The molecule has 2 aromatic rings. The van der Waals surface area contributed by atoms with Crippen LogP contribution in [-0.2, 0) is 27.6 Å². The molecule has 4 nitrogen and oxygen atoms in total. The van der Waals surface area contributed by atoms with E-state index in [0.717, 1.165) is 31.6 Å². The first-order chi connectivity index (χ1) is 13.3. The molecule has 0 spiro atoms. The standard InChI is InChI=1S/C23H30N2O2S/c1-17-6-3-7-18(12-17)9-5-11-25-14-21-22(15-25)23(21,2)20-10-4-8-19(13-20)16-28(24,26)27/h3-4,6-8,10,12-13,21-22H,5,9,11,14-16H2,1-2H3,(H2,24,26,27). The highest BCUT2D eigenvalue weighted by Crippen LogP contribution is 2.63. The van der Waals surface area contributed by atoms with E-state index < -0.39 is 10.0 Å². The summed E-state index contributed by atoms with van der Waals surface area (Å²) in [5, 5.41) is 5.21. The third-order valence-electron chi connectivity index (χ3n) is 6.77. The van der Waals surface area contributed by atoms with Crippen molar-refractivity contribution in [1.29, 1.82) is 0 Å². The van der Waals surface area contributed by atoms with Crippen LogP contribution < -0.4 is 5.14 Å². The molecule has 1 heterocycles. The molecule has 2 N–H and O–H groups in total. The highest BCUT2D eigenvalue weighted by atomic mass is 32.2. The molecule has 0 radical (unpaired) electrons. The van der Waals surface area contributed by atoms with E-state index in [9.17, 15) is 8.42 Å². The Morgan fingerprint density at radius 2 is 1.75 bits per heavy atom. The second kappa shape index (κ2) is 7.29. The molecular formula is C23H30N2O2S. The molecule has 1 aliphatic heterocycles. The Morgan fingerprint density at radius 3 is 2.43 bits per heavy atom. The smallest absolute Gasteiger partial charge is 0.213 e. The zero-order valence-electron chi connectivity index (χ0n) is 16.8. The average Bonchev–Trinajstić information content (AvgIpc) is 2.98. The maximum atomic E-state index is 11.4. The minimum absolute atomic E-state index is 0.0860. The van der Waals surface area contributed by atoms with Crippen molar-refractivity contribution >= 4 is 10.0 Å². The molecule has 1 saturated carbocycles. The van der Waals surface area contributed by atoms with E-state index in [1.165, 1.54) is 23.1 Å². The van der Waals surface area contributed by atoms with E-state index in [2.05, 4.69) is 49.1 Å². The van der Waals surface area contributed by atoms with Gasteiger partial charge in [0, 0.05) is 18.5 Å². The summed E-state index contributed by atoms with van der Waals surface area (Å²) >= 11 is 0. The van der Waals surface area contributed by atoms with E-state index in [-0.39, 0.29) is 11.2 Å². The fourth-order valence-electron chi connectivity index (χ4n) is 5.18. The predicted octanol–water partition coefficient (Wildman–Crippen LogP) is 3.24. The van der Waals surface area contributed by atoms with Crippen molar-refractivity contribution in [3.8, 4) is 0 Å². The molecule has 1 aliphatic carbocycles. The second-order valence-electron chi connectivity index (χ2n) is 8.86. The minimum atomic E-state index is -3.49. The van der Waals surface area contributed by atoms with Crippen LogP contribution in [-0.4, -0.2) is 33.0 Å². The van der Waals surface area contributed by atoms with Crippen molar-refractivity contribution in [1.82, 2.24) is 4.90 Å². The molecule has 150 valence electrons. The number of fused-ring (bicyclic) bond motifs is 1. The lowest BCUT2D eigenvalue weighted by atomic mass is 9.91. The van der Waals surface area contributed by atoms with Crippen molar-refractivity contribution < 1.29 is 8.42 Å². The molecule has 2 unspecified atom stereocenters. The molecular weight excluding hydrogens is 368 g/mol. The van der Waals surface area contributed by atoms with Gasteiger partial charge in [-0.05, 0) is 54.8 Å². The first-order valence-corrected chi connectivity index (χ1v) is 11.8. The fourth-order valence-corrected chi connectivity index (χ4v) is 5.82. The first-order valence-electron chi connectivity index (χ1n) is 10.1. The van der Waals surface area contributed by atoms with Crippen LogP contribution in [0.4, 0.5) is 0 Å². The summed E-state index contributed by atoms with van der Waals surface area (Å²) in [6.07, 6.45) is 2.34. The van der Waals surface area contributed by atoms with Gasteiger partial charge in [-0.3, -0.25) is 0 Å². The molecule has 2 aliphatic rings. The summed E-state index contributed by atoms with van der Waals surface area (Å²) in [5.74, 6) is 1.27. The number of aryl methyl sites for hydroxylation is 2. The van der Waals surface area contributed by atoms with E-state index in [1.807, 2.05) is 18.2 Å². The maximum absolute atomic E-state index is 11.4. The van der Waals surface area contributed by atoms with Gasteiger partial charge in [0.05, 0.1) is 5.75 Å². The Hall–Kier alpha value is -1.69. The largest absolute Gasteiger partial charge is 0.303 e. The zero-order chi connectivity index (χ0) is 19.9. The SMILES string of the molecule is Cc1cccc(CCCN2CC3C(C2)C3(C)c2cccc(CS(N)(=O)=O)c2)c1. The van der Waals surface area contributed by atoms with Gasteiger partial charge in [-0.1, -0.05) is 61.0 Å². The predicted molar refractivity (Wildman–Crippen MR) is 114 cm³/mol. The lowest BCUT2D eigenvalue weighted by Gasteiger charge is -2.24. The summed E-state index contributed by atoms with van der Waals surface area (Å²) in [5.41, 5.74) is 5.01. The fraction of sp³-hybridized carbons (Fsp3) is 0.478. The summed E-state index contributed by atoms with van der Waals surface area (Å²) in [6.45, 7) is 7.93.